The number of rotatable bonds is 6. The molecule has 0 aliphatic carbocycles. The fourth-order valence-electron chi connectivity index (χ4n) is 2.61. The zero-order chi connectivity index (χ0) is 19.4. The van der Waals surface area contributed by atoms with Crippen molar-refractivity contribution >= 4 is 5.91 Å². The van der Waals surface area contributed by atoms with Gasteiger partial charge < -0.3 is 9.84 Å². The van der Waals surface area contributed by atoms with Gasteiger partial charge in [0.25, 0.3) is 5.91 Å². The van der Waals surface area contributed by atoms with Crippen LogP contribution in [0.4, 0.5) is 0 Å². The summed E-state index contributed by atoms with van der Waals surface area (Å²) < 4.78 is 5.27. The predicted octanol–water partition coefficient (Wildman–Crippen LogP) is 2.92. The molecule has 0 bridgehead atoms. The summed E-state index contributed by atoms with van der Waals surface area (Å²) in [6.45, 7) is 7.76. The number of carbonyl (C=O) groups excluding carboxylic acids is 1. The molecule has 0 radical (unpaired) electrons. The van der Waals surface area contributed by atoms with Crippen molar-refractivity contribution in [1.29, 1.82) is 0 Å². The Kier molecular flexibility index (Phi) is 5.54. The summed E-state index contributed by atoms with van der Waals surface area (Å²) in [6, 6.07) is 6.70. The summed E-state index contributed by atoms with van der Waals surface area (Å²) >= 11 is 0. The molecule has 27 heavy (non-hydrogen) atoms. The van der Waals surface area contributed by atoms with Crippen molar-refractivity contribution < 1.29 is 9.32 Å². The van der Waals surface area contributed by atoms with Crippen molar-refractivity contribution in [3.63, 3.8) is 0 Å². The Bertz CT molecular complexity index is 923. The SMILES string of the molecule is Cc1nc(CC(C)C)cc(C(=O)NC(C)c2nc(-c3ccccn3)no2)n1. The molecule has 0 aliphatic rings. The van der Waals surface area contributed by atoms with Crippen LogP contribution >= 0.6 is 0 Å². The van der Waals surface area contributed by atoms with Crippen LogP contribution in [0.3, 0.4) is 0 Å². The summed E-state index contributed by atoms with van der Waals surface area (Å²) in [5, 5.41) is 6.76. The first-order valence-electron chi connectivity index (χ1n) is 8.83. The molecule has 1 atom stereocenters. The van der Waals surface area contributed by atoms with Crippen LogP contribution in [0.5, 0.6) is 0 Å². The molecule has 1 unspecified atom stereocenters. The Balaban J connectivity index is 1.73. The zero-order valence-electron chi connectivity index (χ0n) is 15.8. The lowest BCUT2D eigenvalue weighted by atomic mass is 10.1. The summed E-state index contributed by atoms with van der Waals surface area (Å²) in [7, 11) is 0. The van der Waals surface area contributed by atoms with Crippen LogP contribution in [0.15, 0.2) is 35.0 Å². The molecule has 0 fully saturated rings. The Labute approximate surface area is 157 Å². The summed E-state index contributed by atoms with van der Waals surface area (Å²) in [5.74, 6) is 1.38. The van der Waals surface area contributed by atoms with E-state index in [1.807, 2.05) is 12.1 Å². The smallest absolute Gasteiger partial charge is 0.270 e. The predicted molar refractivity (Wildman–Crippen MR) is 98.7 cm³/mol. The van der Waals surface area contributed by atoms with E-state index in [2.05, 4.69) is 44.3 Å². The lowest BCUT2D eigenvalue weighted by molar-refractivity contribution is 0.0927. The van der Waals surface area contributed by atoms with Gasteiger partial charge in [0.15, 0.2) is 0 Å². The fourth-order valence-corrected chi connectivity index (χ4v) is 2.61. The van der Waals surface area contributed by atoms with Crippen LogP contribution in [0, 0.1) is 12.8 Å². The quantitative estimate of drug-likeness (QED) is 0.715. The Hall–Kier alpha value is -3.16. The molecule has 0 spiro atoms. The van der Waals surface area contributed by atoms with Crippen LogP contribution in [0.1, 0.15) is 54.7 Å². The highest BCUT2D eigenvalue weighted by Gasteiger charge is 2.20. The molecule has 3 heterocycles. The maximum Gasteiger partial charge on any atom is 0.270 e. The zero-order valence-corrected chi connectivity index (χ0v) is 15.8. The highest BCUT2D eigenvalue weighted by Crippen LogP contribution is 2.17. The minimum atomic E-state index is -0.466. The third kappa shape index (κ3) is 4.72. The maximum absolute atomic E-state index is 12.6. The van der Waals surface area contributed by atoms with Gasteiger partial charge in [-0.25, -0.2) is 9.97 Å². The third-order valence-electron chi connectivity index (χ3n) is 3.79. The van der Waals surface area contributed by atoms with E-state index in [0.29, 0.717) is 34.8 Å². The molecule has 0 saturated carbocycles. The minimum Gasteiger partial charge on any atom is -0.339 e. The van der Waals surface area contributed by atoms with Crippen LogP contribution < -0.4 is 5.32 Å². The number of carbonyl (C=O) groups is 1. The van der Waals surface area contributed by atoms with Crippen molar-refractivity contribution in [2.24, 2.45) is 5.92 Å². The fraction of sp³-hybridized carbons (Fsp3) is 0.368. The minimum absolute atomic E-state index is 0.303. The molecule has 3 aromatic heterocycles. The van der Waals surface area contributed by atoms with Crippen molar-refractivity contribution in [2.75, 3.05) is 0 Å². The largest absolute Gasteiger partial charge is 0.339 e. The molecule has 0 aliphatic heterocycles. The molecular formula is C19H22N6O2. The van der Waals surface area contributed by atoms with Gasteiger partial charge in [-0.15, -0.1) is 0 Å². The van der Waals surface area contributed by atoms with Gasteiger partial charge >= 0.3 is 0 Å². The van der Waals surface area contributed by atoms with Gasteiger partial charge in [0.1, 0.15) is 23.3 Å². The number of nitrogens with zero attached hydrogens (tertiary/aromatic N) is 5. The maximum atomic E-state index is 12.6. The molecule has 0 aromatic carbocycles. The molecule has 1 N–H and O–H groups in total. The van der Waals surface area contributed by atoms with E-state index in [1.165, 1.54) is 0 Å². The standard InChI is InChI=1S/C19H22N6O2/c1-11(2)9-14-10-16(23-13(4)22-14)18(26)21-12(3)19-24-17(25-27-19)15-7-5-6-8-20-15/h5-8,10-12H,9H2,1-4H3,(H,21,26). The first-order valence-corrected chi connectivity index (χ1v) is 8.83. The van der Waals surface area contributed by atoms with Crippen LogP contribution in [-0.4, -0.2) is 31.0 Å². The third-order valence-corrected chi connectivity index (χ3v) is 3.79. The molecule has 8 heteroatoms. The molecule has 8 nitrogen and oxygen atoms in total. The van der Waals surface area contributed by atoms with Crippen LogP contribution in [-0.2, 0) is 6.42 Å². The van der Waals surface area contributed by atoms with E-state index >= 15 is 0 Å². The Morgan fingerprint density at radius 2 is 2.00 bits per heavy atom. The second kappa shape index (κ2) is 8.03. The molecule has 3 aromatic rings. The van der Waals surface area contributed by atoms with Crippen LogP contribution in [0.25, 0.3) is 11.5 Å². The molecule has 0 saturated heterocycles. The van der Waals surface area contributed by atoms with Gasteiger partial charge in [-0.2, -0.15) is 4.98 Å². The first kappa shape index (κ1) is 18.6. The van der Waals surface area contributed by atoms with E-state index in [-0.39, 0.29) is 5.91 Å². The molecule has 1 amide bonds. The topological polar surface area (TPSA) is 107 Å². The molecular weight excluding hydrogens is 344 g/mol. The van der Waals surface area contributed by atoms with E-state index < -0.39 is 6.04 Å². The summed E-state index contributed by atoms with van der Waals surface area (Å²) in [4.78, 5) is 29.7. The van der Waals surface area contributed by atoms with Crippen molar-refractivity contribution in [3.8, 4) is 11.5 Å². The summed E-state index contributed by atoms with van der Waals surface area (Å²) in [6.07, 6.45) is 2.44. The average Bonchev–Trinajstić information content (AvgIpc) is 3.11. The number of hydrogen-bond donors (Lipinski definition) is 1. The van der Waals surface area contributed by atoms with Gasteiger partial charge in [0.05, 0.1) is 0 Å². The second-order valence-electron chi connectivity index (χ2n) is 6.76. The van der Waals surface area contributed by atoms with E-state index in [9.17, 15) is 4.79 Å². The van der Waals surface area contributed by atoms with E-state index in [0.717, 1.165) is 12.1 Å². The van der Waals surface area contributed by atoms with Crippen molar-refractivity contribution in [1.82, 2.24) is 30.4 Å². The summed E-state index contributed by atoms with van der Waals surface area (Å²) in [5.41, 5.74) is 1.79. The number of pyridine rings is 1. The normalized spacial score (nSPS) is 12.2. The number of amides is 1. The van der Waals surface area contributed by atoms with Crippen molar-refractivity contribution in [2.45, 2.75) is 40.2 Å². The van der Waals surface area contributed by atoms with Gasteiger partial charge in [-0.05, 0) is 44.4 Å². The molecule has 140 valence electrons. The van der Waals surface area contributed by atoms with Gasteiger partial charge in [-0.3, -0.25) is 9.78 Å². The van der Waals surface area contributed by atoms with Gasteiger partial charge in [0.2, 0.25) is 11.7 Å². The average molecular weight is 366 g/mol. The van der Waals surface area contributed by atoms with Gasteiger partial charge in [-0.1, -0.05) is 25.1 Å². The number of aryl methyl sites for hydroxylation is 1. The van der Waals surface area contributed by atoms with E-state index in [1.54, 1.807) is 32.2 Å². The second-order valence-corrected chi connectivity index (χ2v) is 6.76. The van der Waals surface area contributed by atoms with Crippen LogP contribution in [0.2, 0.25) is 0 Å². The lowest BCUT2D eigenvalue weighted by Crippen LogP contribution is -2.28. The highest BCUT2D eigenvalue weighted by molar-refractivity contribution is 5.92. The monoisotopic (exact) mass is 366 g/mol. The van der Waals surface area contributed by atoms with Crippen molar-refractivity contribution in [3.05, 3.63) is 53.6 Å². The lowest BCUT2D eigenvalue weighted by Gasteiger charge is -2.11. The highest BCUT2D eigenvalue weighted by atomic mass is 16.5. The van der Waals surface area contributed by atoms with Gasteiger partial charge in [0, 0.05) is 11.9 Å². The Morgan fingerprint density at radius 1 is 1.19 bits per heavy atom. The molecule has 3 rings (SSSR count). The number of aromatic nitrogens is 5. The van der Waals surface area contributed by atoms with E-state index in [4.69, 9.17) is 4.52 Å². The number of nitrogens with one attached hydrogen (secondary N) is 1. The Morgan fingerprint density at radius 3 is 2.70 bits per heavy atom. The number of hydrogen-bond acceptors (Lipinski definition) is 7. The first-order chi connectivity index (χ1) is 12.9.